The molecule has 1 aliphatic rings. The first kappa shape index (κ1) is 18.3. The monoisotopic (exact) mass is 427 g/mol. The SMILES string of the molecule is O=C(/C=C/c1ccc(C(F)(F)F)cc1)Nc1cc2c(cc1Br)OCCO2. The molecule has 1 amide bonds. The van der Waals surface area contributed by atoms with Crippen LogP contribution in [0.5, 0.6) is 11.5 Å². The average molecular weight is 428 g/mol. The van der Waals surface area contributed by atoms with E-state index in [0.717, 1.165) is 12.1 Å². The Hall–Kier alpha value is -2.48. The minimum atomic E-state index is -4.38. The summed E-state index contributed by atoms with van der Waals surface area (Å²) in [5, 5.41) is 2.68. The number of anilines is 1. The number of carbonyl (C=O) groups excluding carboxylic acids is 1. The summed E-state index contributed by atoms with van der Waals surface area (Å²) < 4.78 is 49.1. The second-order valence-corrected chi connectivity index (χ2v) is 6.27. The lowest BCUT2D eigenvalue weighted by molar-refractivity contribution is -0.137. The molecule has 0 saturated carbocycles. The van der Waals surface area contributed by atoms with Crippen LogP contribution in [0, 0.1) is 0 Å². The van der Waals surface area contributed by atoms with Crippen LogP contribution < -0.4 is 14.8 Å². The summed E-state index contributed by atoms with van der Waals surface area (Å²) in [7, 11) is 0. The number of amides is 1. The van der Waals surface area contributed by atoms with E-state index >= 15 is 0 Å². The smallest absolute Gasteiger partial charge is 0.416 e. The van der Waals surface area contributed by atoms with Crippen LogP contribution in [0.25, 0.3) is 6.08 Å². The highest BCUT2D eigenvalue weighted by Gasteiger charge is 2.29. The van der Waals surface area contributed by atoms with Crippen molar-refractivity contribution < 1.29 is 27.4 Å². The molecule has 0 fully saturated rings. The predicted molar refractivity (Wildman–Crippen MR) is 94.2 cm³/mol. The summed E-state index contributed by atoms with van der Waals surface area (Å²) in [6.07, 6.45) is -1.71. The number of fused-ring (bicyclic) bond motifs is 1. The molecule has 3 rings (SSSR count). The normalized spacial score (nSPS) is 13.7. The van der Waals surface area contributed by atoms with Gasteiger partial charge in [0, 0.05) is 22.7 Å². The van der Waals surface area contributed by atoms with Crippen molar-refractivity contribution in [1.82, 2.24) is 0 Å². The first-order valence-corrected chi connectivity index (χ1v) is 8.38. The average Bonchev–Trinajstić information content (AvgIpc) is 2.60. The molecule has 2 aromatic rings. The standard InChI is InChI=1S/C18H13BrF3NO3/c19-13-9-15-16(26-8-7-25-15)10-14(13)23-17(24)6-3-11-1-4-12(5-2-11)18(20,21)22/h1-6,9-10H,7-8H2,(H,23,24)/b6-3+. The van der Waals surface area contributed by atoms with Gasteiger partial charge in [0.25, 0.3) is 0 Å². The largest absolute Gasteiger partial charge is 0.486 e. The van der Waals surface area contributed by atoms with E-state index in [-0.39, 0.29) is 0 Å². The Labute approximate surface area is 155 Å². The highest BCUT2D eigenvalue weighted by molar-refractivity contribution is 9.10. The van der Waals surface area contributed by atoms with Gasteiger partial charge in [-0.25, -0.2) is 0 Å². The predicted octanol–water partition coefficient (Wildman–Crippen LogP) is 4.89. The first-order valence-electron chi connectivity index (χ1n) is 7.58. The number of hydrogen-bond acceptors (Lipinski definition) is 3. The third-order valence-corrected chi connectivity index (χ3v) is 4.21. The second kappa shape index (κ2) is 7.41. The number of nitrogens with one attached hydrogen (secondary N) is 1. The molecule has 0 saturated heterocycles. The van der Waals surface area contributed by atoms with Crippen LogP contribution in [0.2, 0.25) is 0 Å². The fourth-order valence-electron chi connectivity index (χ4n) is 2.29. The zero-order chi connectivity index (χ0) is 18.7. The van der Waals surface area contributed by atoms with Crippen molar-refractivity contribution in [3.8, 4) is 11.5 Å². The molecule has 0 bridgehead atoms. The zero-order valence-electron chi connectivity index (χ0n) is 13.3. The number of hydrogen-bond donors (Lipinski definition) is 1. The lowest BCUT2D eigenvalue weighted by Gasteiger charge is -2.19. The van der Waals surface area contributed by atoms with Crippen molar-refractivity contribution in [3.63, 3.8) is 0 Å². The fraction of sp³-hybridized carbons (Fsp3) is 0.167. The van der Waals surface area contributed by atoms with Crippen LogP contribution >= 0.6 is 15.9 Å². The lowest BCUT2D eigenvalue weighted by atomic mass is 10.1. The van der Waals surface area contributed by atoms with Crippen molar-refractivity contribution in [2.75, 3.05) is 18.5 Å². The fourth-order valence-corrected chi connectivity index (χ4v) is 2.71. The Kier molecular flexibility index (Phi) is 5.22. The molecule has 0 radical (unpaired) electrons. The van der Waals surface area contributed by atoms with Crippen molar-refractivity contribution >= 4 is 33.6 Å². The maximum Gasteiger partial charge on any atom is 0.416 e. The molecule has 1 N–H and O–H groups in total. The topological polar surface area (TPSA) is 47.6 Å². The van der Waals surface area contributed by atoms with E-state index in [9.17, 15) is 18.0 Å². The molecule has 136 valence electrons. The highest BCUT2D eigenvalue weighted by atomic mass is 79.9. The lowest BCUT2D eigenvalue weighted by Crippen LogP contribution is -2.16. The molecule has 8 heteroatoms. The zero-order valence-corrected chi connectivity index (χ0v) is 14.9. The Bertz CT molecular complexity index is 848. The molecular weight excluding hydrogens is 415 g/mol. The van der Waals surface area contributed by atoms with Crippen LogP contribution in [0.1, 0.15) is 11.1 Å². The molecule has 0 aromatic heterocycles. The Morgan fingerprint density at radius 3 is 2.31 bits per heavy atom. The van der Waals surface area contributed by atoms with Gasteiger partial charge in [-0.3, -0.25) is 4.79 Å². The van der Waals surface area contributed by atoms with Crippen molar-refractivity contribution in [1.29, 1.82) is 0 Å². The number of carbonyl (C=O) groups is 1. The van der Waals surface area contributed by atoms with E-state index in [1.54, 1.807) is 12.1 Å². The van der Waals surface area contributed by atoms with Gasteiger partial charge < -0.3 is 14.8 Å². The van der Waals surface area contributed by atoms with Gasteiger partial charge in [-0.2, -0.15) is 13.2 Å². The van der Waals surface area contributed by atoms with Gasteiger partial charge in [0.2, 0.25) is 5.91 Å². The van der Waals surface area contributed by atoms with Crippen molar-refractivity contribution in [2.24, 2.45) is 0 Å². The molecule has 1 heterocycles. The Morgan fingerprint density at radius 2 is 1.69 bits per heavy atom. The van der Waals surface area contributed by atoms with E-state index in [2.05, 4.69) is 21.2 Å². The summed E-state index contributed by atoms with van der Waals surface area (Å²) in [5.41, 5.74) is 0.241. The van der Waals surface area contributed by atoms with E-state index < -0.39 is 17.6 Å². The minimum absolute atomic E-state index is 0.426. The number of ether oxygens (including phenoxy) is 2. The maximum absolute atomic E-state index is 12.5. The molecule has 2 aromatic carbocycles. The maximum atomic E-state index is 12.5. The molecule has 0 aliphatic carbocycles. The third kappa shape index (κ3) is 4.37. The number of rotatable bonds is 3. The first-order chi connectivity index (χ1) is 12.3. The summed E-state index contributed by atoms with van der Waals surface area (Å²) >= 11 is 3.35. The van der Waals surface area contributed by atoms with Crippen LogP contribution in [0.3, 0.4) is 0 Å². The van der Waals surface area contributed by atoms with Crippen LogP contribution in [0.15, 0.2) is 46.9 Å². The van der Waals surface area contributed by atoms with Gasteiger partial charge in [0.15, 0.2) is 11.5 Å². The second-order valence-electron chi connectivity index (χ2n) is 5.42. The van der Waals surface area contributed by atoms with Crippen LogP contribution in [-0.2, 0) is 11.0 Å². The molecule has 0 unspecified atom stereocenters. The Balaban J connectivity index is 1.68. The quantitative estimate of drug-likeness (QED) is 0.709. The molecule has 0 atom stereocenters. The molecule has 26 heavy (non-hydrogen) atoms. The van der Waals surface area contributed by atoms with Gasteiger partial charge in [-0.05, 0) is 39.7 Å². The highest BCUT2D eigenvalue weighted by Crippen LogP contribution is 2.38. The molecule has 4 nitrogen and oxygen atoms in total. The summed E-state index contributed by atoms with van der Waals surface area (Å²) in [6, 6.07) is 7.87. The van der Waals surface area contributed by atoms with E-state index in [0.29, 0.717) is 40.4 Å². The van der Waals surface area contributed by atoms with Gasteiger partial charge in [0.05, 0.1) is 11.3 Å². The van der Waals surface area contributed by atoms with Crippen LogP contribution in [-0.4, -0.2) is 19.1 Å². The van der Waals surface area contributed by atoms with Gasteiger partial charge in [-0.1, -0.05) is 12.1 Å². The van der Waals surface area contributed by atoms with E-state index in [1.165, 1.54) is 24.3 Å². The number of alkyl halides is 3. The summed E-state index contributed by atoms with van der Waals surface area (Å²) in [6.45, 7) is 0.886. The van der Waals surface area contributed by atoms with E-state index in [4.69, 9.17) is 9.47 Å². The van der Waals surface area contributed by atoms with Gasteiger partial charge >= 0.3 is 6.18 Å². The molecular formula is C18H13BrF3NO3. The van der Waals surface area contributed by atoms with Gasteiger partial charge in [0.1, 0.15) is 13.2 Å². The summed E-state index contributed by atoms with van der Waals surface area (Å²) in [4.78, 5) is 12.1. The third-order valence-electron chi connectivity index (χ3n) is 3.55. The van der Waals surface area contributed by atoms with E-state index in [1.807, 2.05) is 0 Å². The number of halogens is 4. The van der Waals surface area contributed by atoms with Crippen molar-refractivity contribution in [2.45, 2.75) is 6.18 Å². The summed E-state index contributed by atoms with van der Waals surface area (Å²) in [5.74, 6) is 0.685. The minimum Gasteiger partial charge on any atom is -0.486 e. The molecule has 0 spiro atoms. The molecule has 1 aliphatic heterocycles. The van der Waals surface area contributed by atoms with Gasteiger partial charge in [-0.15, -0.1) is 0 Å². The Morgan fingerprint density at radius 1 is 1.08 bits per heavy atom. The van der Waals surface area contributed by atoms with Crippen molar-refractivity contribution in [3.05, 3.63) is 58.1 Å². The van der Waals surface area contributed by atoms with Crippen LogP contribution in [0.4, 0.5) is 18.9 Å². The number of benzene rings is 2.